The Labute approximate surface area is 154 Å². The second-order valence-electron chi connectivity index (χ2n) is 7.07. The summed E-state index contributed by atoms with van der Waals surface area (Å²) in [6, 6.07) is 8.39. The van der Waals surface area contributed by atoms with E-state index in [4.69, 9.17) is 0 Å². The third-order valence-corrected chi connectivity index (χ3v) is 6.47. The highest BCUT2D eigenvalue weighted by atomic mass is 32.2. The maximum Gasteiger partial charge on any atom is 0.180 e. The van der Waals surface area contributed by atoms with Crippen LogP contribution in [0.25, 0.3) is 0 Å². The van der Waals surface area contributed by atoms with E-state index in [2.05, 4.69) is 6.92 Å². The second-order valence-corrected chi connectivity index (χ2v) is 9.11. The molecule has 4 heteroatoms. The van der Waals surface area contributed by atoms with E-state index in [0.717, 1.165) is 12.8 Å². The Balaban J connectivity index is 2.03. The number of benzene rings is 1. The fourth-order valence-corrected chi connectivity index (χ4v) is 4.54. The van der Waals surface area contributed by atoms with Gasteiger partial charge in [-0.15, -0.1) is 0 Å². The maximum atomic E-state index is 12.2. The molecule has 1 rings (SSSR count). The molecule has 0 spiro atoms. The number of unbranched alkanes of at least 4 members (excludes halogenated alkanes) is 10. The van der Waals surface area contributed by atoms with Gasteiger partial charge in [-0.2, -0.15) is 0 Å². The highest BCUT2D eigenvalue weighted by Crippen LogP contribution is 2.15. The van der Waals surface area contributed by atoms with E-state index < -0.39 is 15.9 Å². The van der Waals surface area contributed by atoms with Gasteiger partial charge in [-0.3, -0.25) is 0 Å². The molecule has 1 atom stereocenters. The van der Waals surface area contributed by atoms with Crippen LogP contribution in [0.3, 0.4) is 0 Å². The van der Waals surface area contributed by atoms with Crippen LogP contribution in [0.15, 0.2) is 35.2 Å². The summed E-state index contributed by atoms with van der Waals surface area (Å²) in [7, 11) is -3.37. The lowest BCUT2D eigenvalue weighted by molar-refractivity contribution is 0.182. The SMILES string of the molecule is CCCCCCCCCCCCC[C@@H](O)CS(=O)(=O)c1ccccc1. The largest absolute Gasteiger partial charge is 0.392 e. The summed E-state index contributed by atoms with van der Waals surface area (Å²) in [6.45, 7) is 2.24. The van der Waals surface area contributed by atoms with Crippen molar-refractivity contribution in [3.63, 3.8) is 0 Å². The number of aliphatic hydroxyl groups excluding tert-OH is 1. The van der Waals surface area contributed by atoms with Crippen molar-refractivity contribution in [1.29, 1.82) is 0 Å². The molecule has 0 aliphatic carbocycles. The molecule has 0 radical (unpaired) electrons. The third kappa shape index (κ3) is 10.7. The molecule has 0 bridgehead atoms. The Morgan fingerprint density at radius 3 is 1.80 bits per heavy atom. The van der Waals surface area contributed by atoms with E-state index in [1.54, 1.807) is 30.3 Å². The number of hydrogen-bond acceptors (Lipinski definition) is 3. The number of hydrogen-bond donors (Lipinski definition) is 1. The topological polar surface area (TPSA) is 54.4 Å². The zero-order valence-corrected chi connectivity index (χ0v) is 16.6. The molecular formula is C21H36O3S. The summed E-state index contributed by atoms with van der Waals surface area (Å²) in [5.74, 6) is -0.172. The molecular weight excluding hydrogens is 332 g/mol. The highest BCUT2D eigenvalue weighted by molar-refractivity contribution is 7.91. The summed E-state index contributed by atoms with van der Waals surface area (Å²) in [4.78, 5) is 0.299. The van der Waals surface area contributed by atoms with Crippen molar-refractivity contribution in [3.8, 4) is 0 Å². The molecule has 0 saturated heterocycles. The van der Waals surface area contributed by atoms with Crippen molar-refractivity contribution in [2.24, 2.45) is 0 Å². The Bertz CT molecular complexity index is 525. The number of sulfone groups is 1. The minimum atomic E-state index is -3.37. The van der Waals surface area contributed by atoms with Crippen LogP contribution >= 0.6 is 0 Å². The van der Waals surface area contributed by atoms with E-state index in [9.17, 15) is 13.5 Å². The van der Waals surface area contributed by atoms with E-state index in [1.807, 2.05) is 0 Å². The van der Waals surface area contributed by atoms with Crippen LogP contribution in [0.2, 0.25) is 0 Å². The molecule has 0 fully saturated rings. The predicted octanol–water partition coefficient (Wildman–Crippen LogP) is 5.52. The zero-order chi connectivity index (χ0) is 18.4. The maximum absolute atomic E-state index is 12.2. The van der Waals surface area contributed by atoms with Crippen LogP contribution in [0.4, 0.5) is 0 Å². The van der Waals surface area contributed by atoms with Gasteiger partial charge >= 0.3 is 0 Å². The highest BCUT2D eigenvalue weighted by Gasteiger charge is 2.19. The van der Waals surface area contributed by atoms with Crippen LogP contribution in [0, 0.1) is 0 Å². The monoisotopic (exact) mass is 368 g/mol. The first-order valence-corrected chi connectivity index (χ1v) is 11.7. The lowest BCUT2D eigenvalue weighted by Gasteiger charge is -2.11. The summed E-state index contributed by atoms with van der Waals surface area (Å²) < 4.78 is 24.4. The molecule has 0 aromatic heterocycles. The van der Waals surface area contributed by atoms with Gasteiger partial charge < -0.3 is 5.11 Å². The minimum Gasteiger partial charge on any atom is -0.392 e. The van der Waals surface area contributed by atoms with Crippen LogP contribution in [0.5, 0.6) is 0 Å². The van der Waals surface area contributed by atoms with E-state index in [0.29, 0.717) is 11.3 Å². The Morgan fingerprint density at radius 1 is 0.800 bits per heavy atom. The van der Waals surface area contributed by atoms with Gasteiger partial charge in [-0.25, -0.2) is 8.42 Å². The van der Waals surface area contributed by atoms with Gasteiger partial charge in [0.2, 0.25) is 0 Å². The van der Waals surface area contributed by atoms with Crippen LogP contribution in [0.1, 0.15) is 84.0 Å². The number of aliphatic hydroxyl groups is 1. The molecule has 0 aliphatic rings. The van der Waals surface area contributed by atoms with Crippen molar-refractivity contribution >= 4 is 9.84 Å². The standard InChI is InChI=1S/C21H36O3S/c1-2-3-4-5-6-7-8-9-10-11-13-16-20(22)19-25(23,24)21-17-14-12-15-18-21/h12,14-15,17-18,20,22H,2-11,13,16,19H2,1H3/t20-/m1/s1. The first-order valence-electron chi connectivity index (χ1n) is 10.0. The molecule has 1 aromatic rings. The second kappa shape index (κ2) is 13.3. The summed E-state index contributed by atoms with van der Waals surface area (Å²) in [5, 5.41) is 10.0. The van der Waals surface area contributed by atoms with Gasteiger partial charge in [0, 0.05) is 0 Å². The predicted molar refractivity (Wildman–Crippen MR) is 106 cm³/mol. The van der Waals surface area contributed by atoms with Crippen LogP contribution in [-0.2, 0) is 9.84 Å². The van der Waals surface area contributed by atoms with Gasteiger partial charge in [0.05, 0.1) is 16.8 Å². The van der Waals surface area contributed by atoms with Gasteiger partial charge in [0.15, 0.2) is 9.84 Å². The Morgan fingerprint density at radius 2 is 1.28 bits per heavy atom. The van der Waals surface area contributed by atoms with Crippen LogP contribution in [-0.4, -0.2) is 25.4 Å². The zero-order valence-electron chi connectivity index (χ0n) is 15.8. The smallest absolute Gasteiger partial charge is 0.180 e. The fourth-order valence-electron chi connectivity index (χ4n) is 3.10. The molecule has 0 heterocycles. The molecule has 0 saturated carbocycles. The number of rotatable bonds is 15. The van der Waals surface area contributed by atoms with Gasteiger partial charge in [-0.05, 0) is 18.6 Å². The molecule has 0 unspecified atom stereocenters. The third-order valence-electron chi connectivity index (χ3n) is 4.66. The lowest BCUT2D eigenvalue weighted by atomic mass is 10.0. The molecule has 1 N–H and O–H groups in total. The van der Waals surface area contributed by atoms with Crippen molar-refractivity contribution in [1.82, 2.24) is 0 Å². The summed E-state index contributed by atoms with van der Waals surface area (Å²) in [6.07, 6.45) is 13.7. The van der Waals surface area contributed by atoms with Gasteiger partial charge in [-0.1, -0.05) is 95.8 Å². The Kier molecular flexibility index (Phi) is 11.8. The van der Waals surface area contributed by atoms with Crippen molar-refractivity contribution < 1.29 is 13.5 Å². The van der Waals surface area contributed by atoms with Gasteiger partial charge in [0.1, 0.15) is 0 Å². The normalized spacial score (nSPS) is 13.0. The molecule has 1 aromatic carbocycles. The first kappa shape index (κ1) is 22.2. The first-order chi connectivity index (χ1) is 12.1. The molecule has 0 aliphatic heterocycles. The van der Waals surface area contributed by atoms with E-state index in [1.165, 1.54) is 57.8 Å². The summed E-state index contributed by atoms with van der Waals surface area (Å²) >= 11 is 0. The van der Waals surface area contributed by atoms with E-state index in [-0.39, 0.29) is 5.75 Å². The average molecular weight is 369 g/mol. The fraction of sp³-hybridized carbons (Fsp3) is 0.714. The lowest BCUT2D eigenvalue weighted by Crippen LogP contribution is -2.20. The molecule has 3 nitrogen and oxygen atoms in total. The van der Waals surface area contributed by atoms with Crippen molar-refractivity contribution in [2.75, 3.05) is 5.75 Å². The summed E-state index contributed by atoms with van der Waals surface area (Å²) in [5.41, 5.74) is 0. The molecule has 144 valence electrons. The van der Waals surface area contributed by atoms with E-state index >= 15 is 0 Å². The Hall–Kier alpha value is -0.870. The minimum absolute atomic E-state index is 0.172. The van der Waals surface area contributed by atoms with Crippen LogP contribution < -0.4 is 0 Å². The van der Waals surface area contributed by atoms with Gasteiger partial charge in [0.25, 0.3) is 0 Å². The van der Waals surface area contributed by atoms with Crippen molar-refractivity contribution in [2.45, 2.75) is 95.0 Å². The van der Waals surface area contributed by atoms with Crippen molar-refractivity contribution in [3.05, 3.63) is 30.3 Å². The molecule has 25 heavy (non-hydrogen) atoms. The average Bonchev–Trinajstić information content (AvgIpc) is 2.60. The molecule has 0 amide bonds. The quantitative estimate of drug-likeness (QED) is 0.415.